The van der Waals surface area contributed by atoms with Gasteiger partial charge >= 0.3 is 6.18 Å². The highest BCUT2D eigenvalue weighted by Gasteiger charge is 2.41. The van der Waals surface area contributed by atoms with Gasteiger partial charge in [0.05, 0.1) is 6.54 Å². The number of aromatic nitrogens is 2. The summed E-state index contributed by atoms with van der Waals surface area (Å²) in [5, 5.41) is 3.29. The van der Waals surface area contributed by atoms with Crippen molar-refractivity contribution >= 4 is 5.96 Å². The molecule has 1 N–H and O–H groups in total. The Morgan fingerprint density at radius 1 is 1.17 bits per heavy atom. The molecule has 0 radical (unpaired) electrons. The van der Waals surface area contributed by atoms with Gasteiger partial charge in [0.25, 0.3) is 0 Å². The maximum absolute atomic E-state index is 12.9. The van der Waals surface area contributed by atoms with Crippen molar-refractivity contribution in [3.63, 3.8) is 0 Å². The minimum absolute atomic E-state index is 0.351. The van der Waals surface area contributed by atoms with Crippen LogP contribution in [-0.2, 0) is 13.1 Å². The van der Waals surface area contributed by atoms with Crippen molar-refractivity contribution in [3.05, 3.63) is 54.1 Å². The summed E-state index contributed by atoms with van der Waals surface area (Å²) in [6.45, 7) is 4.14. The number of piperazine rings is 1. The molecule has 2 aromatic rings. The highest BCUT2D eigenvalue weighted by Crippen LogP contribution is 2.25. The van der Waals surface area contributed by atoms with E-state index in [9.17, 15) is 13.2 Å². The molecule has 0 saturated carbocycles. The van der Waals surface area contributed by atoms with Crippen molar-refractivity contribution in [1.82, 2.24) is 24.7 Å². The SMILES string of the molecule is CN=C(NCc1nccn1Cc1ccccc1)N1CCN(C(C)C(F)(F)F)CC1. The molecular formula is C20H27F3N6. The molecule has 6 nitrogen and oxygen atoms in total. The molecule has 0 bridgehead atoms. The van der Waals surface area contributed by atoms with Gasteiger partial charge < -0.3 is 14.8 Å². The minimum Gasteiger partial charge on any atom is -0.349 e. The van der Waals surface area contributed by atoms with Crippen LogP contribution in [0.3, 0.4) is 0 Å². The Hall–Kier alpha value is -2.55. The number of aliphatic imine (C=N–C) groups is 1. The van der Waals surface area contributed by atoms with Crippen molar-refractivity contribution < 1.29 is 13.2 Å². The Morgan fingerprint density at radius 2 is 1.86 bits per heavy atom. The first-order chi connectivity index (χ1) is 13.9. The third kappa shape index (κ3) is 5.50. The maximum Gasteiger partial charge on any atom is 0.403 e. The number of nitrogens with one attached hydrogen (secondary N) is 1. The van der Waals surface area contributed by atoms with E-state index in [0.717, 1.165) is 12.4 Å². The first-order valence-corrected chi connectivity index (χ1v) is 9.69. The molecule has 29 heavy (non-hydrogen) atoms. The van der Waals surface area contributed by atoms with E-state index >= 15 is 0 Å². The van der Waals surface area contributed by atoms with Gasteiger partial charge in [-0.2, -0.15) is 13.2 Å². The van der Waals surface area contributed by atoms with Crippen LogP contribution in [0.2, 0.25) is 0 Å². The van der Waals surface area contributed by atoms with E-state index in [-0.39, 0.29) is 0 Å². The smallest absolute Gasteiger partial charge is 0.349 e. The number of hydrogen-bond acceptors (Lipinski definition) is 3. The fourth-order valence-corrected chi connectivity index (χ4v) is 3.45. The van der Waals surface area contributed by atoms with Crippen LogP contribution >= 0.6 is 0 Å². The summed E-state index contributed by atoms with van der Waals surface area (Å²) in [4.78, 5) is 12.2. The van der Waals surface area contributed by atoms with E-state index in [2.05, 4.69) is 32.0 Å². The van der Waals surface area contributed by atoms with E-state index in [1.807, 2.05) is 29.3 Å². The van der Waals surface area contributed by atoms with Gasteiger partial charge in [-0.05, 0) is 12.5 Å². The Labute approximate surface area is 169 Å². The monoisotopic (exact) mass is 408 g/mol. The fourth-order valence-electron chi connectivity index (χ4n) is 3.45. The lowest BCUT2D eigenvalue weighted by atomic mass is 10.2. The third-order valence-corrected chi connectivity index (χ3v) is 5.25. The number of alkyl halides is 3. The Morgan fingerprint density at radius 3 is 2.48 bits per heavy atom. The van der Waals surface area contributed by atoms with Crippen molar-refractivity contribution in [2.24, 2.45) is 4.99 Å². The van der Waals surface area contributed by atoms with Crippen LogP contribution in [0.1, 0.15) is 18.3 Å². The predicted molar refractivity (Wildman–Crippen MR) is 107 cm³/mol. The molecule has 3 rings (SSSR count). The molecular weight excluding hydrogens is 381 g/mol. The molecule has 1 unspecified atom stereocenters. The van der Waals surface area contributed by atoms with Gasteiger partial charge in [-0.25, -0.2) is 4.98 Å². The number of halogens is 3. The summed E-state index contributed by atoms with van der Waals surface area (Å²) < 4.78 is 40.8. The second-order valence-electron chi connectivity index (χ2n) is 7.10. The molecule has 1 fully saturated rings. The number of imidazole rings is 1. The van der Waals surface area contributed by atoms with Gasteiger partial charge in [0, 0.05) is 52.2 Å². The van der Waals surface area contributed by atoms with Crippen molar-refractivity contribution in [2.75, 3.05) is 33.2 Å². The van der Waals surface area contributed by atoms with Gasteiger partial charge in [-0.15, -0.1) is 0 Å². The quantitative estimate of drug-likeness (QED) is 0.610. The van der Waals surface area contributed by atoms with E-state index in [4.69, 9.17) is 0 Å². The first-order valence-electron chi connectivity index (χ1n) is 9.69. The largest absolute Gasteiger partial charge is 0.403 e. The van der Waals surface area contributed by atoms with Crippen LogP contribution in [0.15, 0.2) is 47.7 Å². The Bertz CT molecular complexity index is 794. The average molecular weight is 408 g/mol. The summed E-state index contributed by atoms with van der Waals surface area (Å²) >= 11 is 0. The molecule has 0 aliphatic carbocycles. The molecule has 158 valence electrons. The van der Waals surface area contributed by atoms with Gasteiger partial charge in [0.1, 0.15) is 11.9 Å². The fraction of sp³-hybridized carbons (Fsp3) is 0.500. The third-order valence-electron chi connectivity index (χ3n) is 5.25. The van der Waals surface area contributed by atoms with Crippen LogP contribution in [-0.4, -0.2) is 70.8 Å². The standard InChI is InChI=1S/C20H27F3N6/c1-16(20(21,22)23)27-10-12-28(13-11-27)19(24-2)26-14-18-25-8-9-29(18)15-17-6-4-3-5-7-17/h3-9,16H,10-15H2,1-2H3,(H,24,26). The van der Waals surface area contributed by atoms with Gasteiger partial charge in [-0.3, -0.25) is 9.89 Å². The molecule has 0 spiro atoms. The lowest BCUT2D eigenvalue weighted by molar-refractivity contribution is -0.181. The van der Waals surface area contributed by atoms with Gasteiger partial charge in [-0.1, -0.05) is 30.3 Å². The van der Waals surface area contributed by atoms with Gasteiger partial charge in [0.15, 0.2) is 5.96 Å². The van der Waals surface area contributed by atoms with E-state index < -0.39 is 12.2 Å². The highest BCUT2D eigenvalue weighted by atomic mass is 19.4. The number of nitrogens with zero attached hydrogens (tertiary/aromatic N) is 5. The van der Waals surface area contributed by atoms with Gasteiger partial charge in [0.2, 0.25) is 0 Å². The molecule has 9 heteroatoms. The molecule has 1 atom stereocenters. The number of hydrogen-bond donors (Lipinski definition) is 1. The van der Waals surface area contributed by atoms with Crippen molar-refractivity contribution in [3.8, 4) is 0 Å². The van der Waals surface area contributed by atoms with Crippen LogP contribution in [0.4, 0.5) is 13.2 Å². The lowest BCUT2D eigenvalue weighted by Crippen LogP contribution is -2.56. The summed E-state index contributed by atoms with van der Waals surface area (Å²) in [6, 6.07) is 8.70. The molecule has 2 heterocycles. The van der Waals surface area contributed by atoms with Crippen molar-refractivity contribution in [2.45, 2.75) is 32.2 Å². The first kappa shape index (κ1) is 21.2. The summed E-state index contributed by atoms with van der Waals surface area (Å²) in [5.74, 6) is 1.55. The number of rotatable bonds is 5. The molecule has 1 aromatic carbocycles. The molecule has 1 aliphatic heterocycles. The maximum atomic E-state index is 12.9. The zero-order chi connectivity index (χ0) is 20.9. The molecule has 0 amide bonds. The van der Waals surface area contributed by atoms with Crippen LogP contribution in [0.5, 0.6) is 0 Å². The van der Waals surface area contributed by atoms with E-state index in [1.54, 1.807) is 13.2 Å². The van der Waals surface area contributed by atoms with Crippen LogP contribution in [0.25, 0.3) is 0 Å². The Balaban J connectivity index is 1.54. The van der Waals surface area contributed by atoms with E-state index in [0.29, 0.717) is 38.7 Å². The highest BCUT2D eigenvalue weighted by molar-refractivity contribution is 5.79. The summed E-state index contributed by atoms with van der Waals surface area (Å²) in [7, 11) is 1.68. The zero-order valence-electron chi connectivity index (χ0n) is 16.7. The molecule has 1 aliphatic rings. The van der Waals surface area contributed by atoms with Crippen molar-refractivity contribution in [1.29, 1.82) is 0 Å². The zero-order valence-corrected chi connectivity index (χ0v) is 16.7. The topological polar surface area (TPSA) is 48.7 Å². The summed E-state index contributed by atoms with van der Waals surface area (Å²) in [5.41, 5.74) is 1.19. The lowest BCUT2D eigenvalue weighted by Gasteiger charge is -2.39. The van der Waals surface area contributed by atoms with Crippen LogP contribution in [0, 0.1) is 0 Å². The average Bonchev–Trinajstić information content (AvgIpc) is 3.15. The second kappa shape index (κ2) is 9.30. The second-order valence-corrected chi connectivity index (χ2v) is 7.10. The number of benzene rings is 1. The Kier molecular flexibility index (Phi) is 6.79. The summed E-state index contributed by atoms with van der Waals surface area (Å²) in [6.07, 6.45) is -0.498. The van der Waals surface area contributed by atoms with E-state index in [1.165, 1.54) is 17.4 Å². The molecule has 1 saturated heterocycles. The predicted octanol–water partition coefficient (Wildman–Crippen LogP) is 2.58. The van der Waals surface area contributed by atoms with Crippen LogP contribution < -0.4 is 5.32 Å². The minimum atomic E-state index is -4.20. The molecule has 1 aromatic heterocycles. The normalized spacial score (nSPS) is 17.4. The number of guanidine groups is 1.